The lowest BCUT2D eigenvalue weighted by molar-refractivity contribution is 0.296. The lowest BCUT2D eigenvalue weighted by Crippen LogP contribution is -2.14. The van der Waals surface area contributed by atoms with Crippen LogP contribution in [0.25, 0.3) is 0 Å². The SMILES string of the molecule is CCCNCc1ccccc1OCc1ncccc1C. The quantitative estimate of drug-likeness (QED) is 0.782. The number of aromatic nitrogens is 1. The van der Waals surface area contributed by atoms with E-state index in [1.807, 2.05) is 24.3 Å². The molecule has 0 unspecified atom stereocenters. The van der Waals surface area contributed by atoms with Crippen molar-refractivity contribution >= 4 is 0 Å². The molecule has 1 heterocycles. The van der Waals surface area contributed by atoms with Gasteiger partial charge in [-0.05, 0) is 37.6 Å². The van der Waals surface area contributed by atoms with Crippen LogP contribution < -0.4 is 10.1 Å². The van der Waals surface area contributed by atoms with E-state index in [4.69, 9.17) is 4.74 Å². The van der Waals surface area contributed by atoms with Crippen molar-refractivity contribution in [1.29, 1.82) is 0 Å². The number of benzene rings is 1. The maximum absolute atomic E-state index is 5.93. The van der Waals surface area contributed by atoms with E-state index in [0.717, 1.165) is 36.5 Å². The predicted molar refractivity (Wildman–Crippen MR) is 81.7 cm³/mol. The van der Waals surface area contributed by atoms with Crippen molar-refractivity contribution in [2.45, 2.75) is 33.4 Å². The molecule has 0 bridgehead atoms. The van der Waals surface area contributed by atoms with Gasteiger partial charge in [-0.3, -0.25) is 4.98 Å². The highest BCUT2D eigenvalue weighted by atomic mass is 16.5. The van der Waals surface area contributed by atoms with Gasteiger partial charge in [0.05, 0.1) is 5.69 Å². The third-order valence-electron chi connectivity index (χ3n) is 3.20. The topological polar surface area (TPSA) is 34.1 Å². The van der Waals surface area contributed by atoms with Crippen molar-refractivity contribution < 1.29 is 4.74 Å². The summed E-state index contributed by atoms with van der Waals surface area (Å²) in [4.78, 5) is 4.36. The van der Waals surface area contributed by atoms with E-state index in [1.165, 1.54) is 5.56 Å². The van der Waals surface area contributed by atoms with Crippen molar-refractivity contribution in [3.63, 3.8) is 0 Å². The van der Waals surface area contributed by atoms with Crippen LogP contribution in [0.15, 0.2) is 42.6 Å². The number of hydrogen-bond donors (Lipinski definition) is 1. The van der Waals surface area contributed by atoms with Gasteiger partial charge in [-0.15, -0.1) is 0 Å². The van der Waals surface area contributed by atoms with Crippen molar-refractivity contribution in [1.82, 2.24) is 10.3 Å². The van der Waals surface area contributed by atoms with Crippen LogP contribution in [-0.2, 0) is 13.2 Å². The highest BCUT2D eigenvalue weighted by molar-refractivity contribution is 5.33. The molecule has 20 heavy (non-hydrogen) atoms. The van der Waals surface area contributed by atoms with Gasteiger partial charge in [-0.1, -0.05) is 31.2 Å². The molecule has 1 aromatic heterocycles. The highest BCUT2D eigenvalue weighted by Gasteiger charge is 2.04. The average molecular weight is 270 g/mol. The van der Waals surface area contributed by atoms with Crippen LogP contribution in [0.4, 0.5) is 0 Å². The molecule has 2 aromatic rings. The number of aryl methyl sites for hydroxylation is 1. The zero-order chi connectivity index (χ0) is 14.2. The molecule has 0 aliphatic heterocycles. The first-order valence-corrected chi connectivity index (χ1v) is 7.13. The van der Waals surface area contributed by atoms with Crippen LogP contribution in [-0.4, -0.2) is 11.5 Å². The van der Waals surface area contributed by atoms with E-state index in [9.17, 15) is 0 Å². The van der Waals surface area contributed by atoms with E-state index < -0.39 is 0 Å². The normalized spacial score (nSPS) is 10.5. The molecule has 0 spiro atoms. The van der Waals surface area contributed by atoms with Crippen molar-refractivity contribution in [3.8, 4) is 5.75 Å². The van der Waals surface area contributed by atoms with E-state index >= 15 is 0 Å². The Bertz CT molecular complexity index is 540. The summed E-state index contributed by atoms with van der Waals surface area (Å²) in [7, 11) is 0. The second-order valence-corrected chi connectivity index (χ2v) is 4.84. The Kier molecular flexibility index (Phi) is 5.56. The van der Waals surface area contributed by atoms with Crippen LogP contribution in [0.5, 0.6) is 5.75 Å². The molecular weight excluding hydrogens is 248 g/mol. The van der Waals surface area contributed by atoms with Crippen LogP contribution in [0.1, 0.15) is 30.2 Å². The standard InChI is InChI=1S/C17H22N2O/c1-3-10-18-12-15-8-4-5-9-17(15)20-13-16-14(2)7-6-11-19-16/h4-9,11,18H,3,10,12-13H2,1-2H3. The minimum atomic E-state index is 0.511. The van der Waals surface area contributed by atoms with Gasteiger partial charge in [0.15, 0.2) is 0 Å². The molecule has 0 aliphatic carbocycles. The summed E-state index contributed by atoms with van der Waals surface area (Å²) in [6.07, 6.45) is 2.94. The summed E-state index contributed by atoms with van der Waals surface area (Å²) in [5.74, 6) is 0.932. The van der Waals surface area contributed by atoms with Gasteiger partial charge in [-0.25, -0.2) is 0 Å². The smallest absolute Gasteiger partial charge is 0.130 e. The summed E-state index contributed by atoms with van der Waals surface area (Å²) in [5, 5.41) is 3.41. The van der Waals surface area contributed by atoms with Crippen LogP contribution in [0.2, 0.25) is 0 Å². The lowest BCUT2D eigenvalue weighted by Gasteiger charge is -2.12. The monoisotopic (exact) mass is 270 g/mol. The third-order valence-corrected chi connectivity index (χ3v) is 3.20. The van der Waals surface area contributed by atoms with Crippen LogP contribution >= 0.6 is 0 Å². The number of rotatable bonds is 7. The number of nitrogens with zero attached hydrogens (tertiary/aromatic N) is 1. The maximum atomic E-state index is 5.93. The Balaban J connectivity index is 2.00. The van der Waals surface area contributed by atoms with E-state index in [2.05, 4.69) is 36.3 Å². The molecule has 0 saturated heterocycles. The van der Waals surface area contributed by atoms with Crippen LogP contribution in [0.3, 0.4) is 0 Å². The Morgan fingerprint density at radius 2 is 2.00 bits per heavy atom. The Hall–Kier alpha value is -1.87. The summed E-state index contributed by atoms with van der Waals surface area (Å²) in [5.41, 5.74) is 3.34. The summed E-state index contributed by atoms with van der Waals surface area (Å²) in [6, 6.07) is 12.2. The summed E-state index contributed by atoms with van der Waals surface area (Å²) >= 11 is 0. The molecule has 0 aliphatic rings. The maximum Gasteiger partial charge on any atom is 0.130 e. The molecular formula is C17H22N2O. The minimum absolute atomic E-state index is 0.511. The first-order valence-electron chi connectivity index (χ1n) is 7.13. The number of ether oxygens (including phenoxy) is 1. The molecule has 0 radical (unpaired) electrons. The number of pyridine rings is 1. The second kappa shape index (κ2) is 7.65. The molecule has 2 rings (SSSR count). The molecule has 1 N–H and O–H groups in total. The first-order chi connectivity index (χ1) is 9.81. The number of hydrogen-bond acceptors (Lipinski definition) is 3. The van der Waals surface area contributed by atoms with Crippen molar-refractivity contribution in [2.24, 2.45) is 0 Å². The second-order valence-electron chi connectivity index (χ2n) is 4.84. The Morgan fingerprint density at radius 1 is 1.15 bits per heavy atom. The van der Waals surface area contributed by atoms with Crippen molar-refractivity contribution in [2.75, 3.05) is 6.54 Å². The van der Waals surface area contributed by atoms with Gasteiger partial charge in [0.1, 0.15) is 12.4 Å². The largest absolute Gasteiger partial charge is 0.487 e. The van der Waals surface area contributed by atoms with E-state index in [-0.39, 0.29) is 0 Å². The average Bonchev–Trinajstić information content (AvgIpc) is 2.48. The molecule has 3 heteroatoms. The lowest BCUT2D eigenvalue weighted by atomic mass is 10.2. The van der Waals surface area contributed by atoms with Gasteiger partial charge < -0.3 is 10.1 Å². The molecule has 3 nitrogen and oxygen atoms in total. The zero-order valence-corrected chi connectivity index (χ0v) is 12.2. The fourth-order valence-corrected chi connectivity index (χ4v) is 2.01. The van der Waals surface area contributed by atoms with Gasteiger partial charge in [0.25, 0.3) is 0 Å². The fourth-order valence-electron chi connectivity index (χ4n) is 2.01. The Labute approximate surface area is 121 Å². The summed E-state index contributed by atoms with van der Waals surface area (Å²) in [6.45, 7) is 6.59. The molecule has 106 valence electrons. The fraction of sp³-hybridized carbons (Fsp3) is 0.353. The first kappa shape index (κ1) is 14.5. The zero-order valence-electron chi connectivity index (χ0n) is 12.2. The van der Waals surface area contributed by atoms with Gasteiger partial charge in [0.2, 0.25) is 0 Å². The molecule has 0 atom stereocenters. The highest BCUT2D eigenvalue weighted by Crippen LogP contribution is 2.19. The number of nitrogens with one attached hydrogen (secondary N) is 1. The number of para-hydroxylation sites is 1. The van der Waals surface area contributed by atoms with E-state index in [0.29, 0.717) is 6.61 Å². The van der Waals surface area contributed by atoms with E-state index in [1.54, 1.807) is 6.20 Å². The minimum Gasteiger partial charge on any atom is -0.487 e. The van der Waals surface area contributed by atoms with Gasteiger partial charge in [0, 0.05) is 18.3 Å². The van der Waals surface area contributed by atoms with Crippen molar-refractivity contribution in [3.05, 3.63) is 59.4 Å². The molecule has 0 amide bonds. The molecule has 1 aromatic carbocycles. The third kappa shape index (κ3) is 4.07. The predicted octanol–water partition coefficient (Wildman–Crippen LogP) is 3.47. The summed E-state index contributed by atoms with van der Waals surface area (Å²) < 4.78 is 5.93. The molecule has 0 fully saturated rings. The Morgan fingerprint density at radius 3 is 2.80 bits per heavy atom. The molecule has 0 saturated carbocycles. The van der Waals surface area contributed by atoms with Gasteiger partial charge in [-0.2, -0.15) is 0 Å². The van der Waals surface area contributed by atoms with Crippen LogP contribution in [0, 0.1) is 6.92 Å². The van der Waals surface area contributed by atoms with Gasteiger partial charge >= 0.3 is 0 Å².